The molecule has 1 heterocycles. The van der Waals surface area contributed by atoms with Crippen LogP contribution in [0.1, 0.15) is 48.6 Å². The molecular formula is C21H29NO3. The second kappa shape index (κ2) is 8.75. The Morgan fingerprint density at radius 1 is 0.960 bits per heavy atom. The zero-order valence-electron chi connectivity index (χ0n) is 16.2. The van der Waals surface area contributed by atoms with Crippen LogP contribution in [0.3, 0.4) is 0 Å². The highest BCUT2D eigenvalue weighted by Crippen LogP contribution is 2.35. The minimum Gasteiger partial charge on any atom is -0.497 e. The molecule has 0 saturated heterocycles. The monoisotopic (exact) mass is 343 g/mol. The van der Waals surface area contributed by atoms with E-state index in [0.717, 1.165) is 52.7 Å². The van der Waals surface area contributed by atoms with E-state index in [-0.39, 0.29) is 0 Å². The predicted octanol–water partition coefficient (Wildman–Crippen LogP) is 5.69. The first kappa shape index (κ1) is 19.1. The number of pyridine rings is 1. The van der Waals surface area contributed by atoms with Crippen molar-refractivity contribution in [2.75, 3.05) is 13.7 Å². The molecule has 136 valence electrons. The topological polar surface area (TPSA) is 40.6 Å². The molecular weight excluding hydrogens is 314 g/mol. The first-order valence-corrected chi connectivity index (χ1v) is 8.90. The maximum absolute atomic E-state index is 6.17. The number of rotatable bonds is 8. The fourth-order valence-corrected chi connectivity index (χ4v) is 2.75. The van der Waals surface area contributed by atoms with Crippen LogP contribution in [0.4, 0.5) is 0 Å². The van der Waals surface area contributed by atoms with Gasteiger partial charge in [-0.25, -0.2) is 4.98 Å². The summed E-state index contributed by atoms with van der Waals surface area (Å²) < 4.78 is 17.4. The molecule has 0 aliphatic carbocycles. The Labute approximate surface area is 151 Å². The van der Waals surface area contributed by atoms with Crippen molar-refractivity contribution in [2.45, 2.75) is 53.9 Å². The molecule has 0 saturated carbocycles. The van der Waals surface area contributed by atoms with Gasteiger partial charge in [-0.1, -0.05) is 19.8 Å². The van der Waals surface area contributed by atoms with E-state index in [1.54, 1.807) is 7.11 Å². The highest BCUT2D eigenvalue weighted by atomic mass is 16.5. The van der Waals surface area contributed by atoms with Gasteiger partial charge in [0.2, 0.25) is 5.88 Å². The smallest absolute Gasteiger partial charge is 0.226 e. The summed E-state index contributed by atoms with van der Waals surface area (Å²) in [7, 11) is 1.67. The lowest BCUT2D eigenvalue weighted by Gasteiger charge is -2.17. The molecule has 0 radical (unpaired) electrons. The summed E-state index contributed by atoms with van der Waals surface area (Å²) in [6.45, 7) is 10.9. The van der Waals surface area contributed by atoms with Gasteiger partial charge in [0.25, 0.3) is 0 Å². The van der Waals surface area contributed by atoms with E-state index in [9.17, 15) is 0 Å². The first-order valence-electron chi connectivity index (χ1n) is 8.90. The number of methoxy groups -OCH3 is 1. The quantitative estimate of drug-likeness (QED) is 0.578. The maximum Gasteiger partial charge on any atom is 0.226 e. The van der Waals surface area contributed by atoms with Crippen molar-refractivity contribution in [2.24, 2.45) is 0 Å². The molecule has 0 bridgehead atoms. The van der Waals surface area contributed by atoms with Gasteiger partial charge in [0.15, 0.2) is 0 Å². The third-order valence-electron chi connectivity index (χ3n) is 4.18. The van der Waals surface area contributed by atoms with Crippen LogP contribution in [0.2, 0.25) is 0 Å². The Bertz CT molecular complexity index is 702. The first-order chi connectivity index (χ1) is 12.0. The minimum absolute atomic E-state index is 0.599. The second-order valence-corrected chi connectivity index (χ2v) is 6.44. The van der Waals surface area contributed by atoms with E-state index >= 15 is 0 Å². The molecule has 0 amide bonds. The van der Waals surface area contributed by atoms with Gasteiger partial charge in [-0.3, -0.25) is 0 Å². The van der Waals surface area contributed by atoms with Gasteiger partial charge in [-0.05, 0) is 57.4 Å². The highest BCUT2D eigenvalue weighted by molar-refractivity contribution is 5.49. The number of aromatic nitrogens is 1. The average Bonchev–Trinajstić information content (AvgIpc) is 2.58. The molecule has 0 atom stereocenters. The second-order valence-electron chi connectivity index (χ2n) is 6.44. The van der Waals surface area contributed by atoms with Gasteiger partial charge in [0.1, 0.15) is 17.2 Å². The average molecular weight is 343 g/mol. The number of hydrogen-bond acceptors (Lipinski definition) is 4. The number of hydrogen-bond donors (Lipinski definition) is 0. The Morgan fingerprint density at radius 2 is 1.64 bits per heavy atom. The lowest BCUT2D eigenvalue weighted by Crippen LogP contribution is -2.03. The van der Waals surface area contributed by atoms with Crippen LogP contribution in [0, 0.1) is 27.7 Å². The molecule has 2 rings (SSSR count). The van der Waals surface area contributed by atoms with Gasteiger partial charge in [-0.2, -0.15) is 0 Å². The molecule has 0 aliphatic rings. The van der Waals surface area contributed by atoms with E-state index in [2.05, 4.69) is 11.9 Å². The number of benzene rings is 1. The van der Waals surface area contributed by atoms with Crippen molar-refractivity contribution < 1.29 is 14.2 Å². The van der Waals surface area contributed by atoms with Crippen molar-refractivity contribution in [3.8, 4) is 23.1 Å². The van der Waals surface area contributed by atoms with E-state index in [4.69, 9.17) is 14.2 Å². The Balaban J connectivity index is 2.26. The zero-order valence-corrected chi connectivity index (χ0v) is 16.2. The van der Waals surface area contributed by atoms with Crippen molar-refractivity contribution >= 4 is 0 Å². The van der Waals surface area contributed by atoms with Crippen molar-refractivity contribution in [1.82, 2.24) is 4.98 Å². The lowest BCUT2D eigenvalue weighted by molar-refractivity contribution is 0.301. The third-order valence-corrected chi connectivity index (χ3v) is 4.18. The summed E-state index contributed by atoms with van der Waals surface area (Å²) in [4.78, 5) is 4.56. The maximum atomic E-state index is 6.17. The third kappa shape index (κ3) is 4.88. The number of unbranched alkanes of at least 4 members (excludes halogenated alkanes) is 2. The molecule has 25 heavy (non-hydrogen) atoms. The Hall–Kier alpha value is -2.23. The van der Waals surface area contributed by atoms with Crippen LogP contribution in [-0.2, 0) is 0 Å². The largest absolute Gasteiger partial charge is 0.497 e. The van der Waals surface area contributed by atoms with Crippen LogP contribution >= 0.6 is 0 Å². The molecule has 0 N–H and O–H groups in total. The summed E-state index contributed by atoms with van der Waals surface area (Å²) in [5.74, 6) is 3.10. The van der Waals surface area contributed by atoms with Gasteiger partial charge in [0.05, 0.1) is 19.3 Å². The molecule has 1 aromatic carbocycles. The van der Waals surface area contributed by atoms with Crippen molar-refractivity contribution in [3.05, 3.63) is 40.6 Å². The summed E-state index contributed by atoms with van der Waals surface area (Å²) in [5, 5.41) is 0. The molecule has 0 unspecified atom stereocenters. The number of aryl methyl sites for hydroxylation is 3. The summed E-state index contributed by atoms with van der Waals surface area (Å²) in [6, 6.07) is 5.91. The SMILES string of the molecule is CCCCCOc1cc(C)nc(Oc2c(C)cc(OC)cc2C)c1C. The molecule has 0 fully saturated rings. The van der Waals surface area contributed by atoms with Gasteiger partial charge in [0, 0.05) is 11.8 Å². The van der Waals surface area contributed by atoms with Gasteiger partial charge in [-0.15, -0.1) is 0 Å². The van der Waals surface area contributed by atoms with Crippen molar-refractivity contribution in [3.63, 3.8) is 0 Å². The zero-order chi connectivity index (χ0) is 18.4. The fourth-order valence-electron chi connectivity index (χ4n) is 2.75. The van der Waals surface area contributed by atoms with Crippen molar-refractivity contribution in [1.29, 1.82) is 0 Å². The summed E-state index contributed by atoms with van der Waals surface area (Å²) >= 11 is 0. The van der Waals surface area contributed by atoms with E-state index in [0.29, 0.717) is 5.88 Å². The number of ether oxygens (including phenoxy) is 3. The van der Waals surface area contributed by atoms with Crippen LogP contribution in [0.5, 0.6) is 23.1 Å². The highest BCUT2D eigenvalue weighted by Gasteiger charge is 2.14. The molecule has 1 aromatic heterocycles. The van der Waals surface area contributed by atoms with Crippen LogP contribution in [-0.4, -0.2) is 18.7 Å². The normalized spacial score (nSPS) is 10.6. The van der Waals surface area contributed by atoms with Crippen LogP contribution in [0.15, 0.2) is 18.2 Å². The van der Waals surface area contributed by atoms with E-state index in [1.807, 2.05) is 45.9 Å². The van der Waals surface area contributed by atoms with Gasteiger partial charge < -0.3 is 14.2 Å². The number of nitrogens with zero attached hydrogens (tertiary/aromatic N) is 1. The molecule has 4 heteroatoms. The minimum atomic E-state index is 0.599. The molecule has 0 aliphatic heterocycles. The van der Waals surface area contributed by atoms with E-state index < -0.39 is 0 Å². The van der Waals surface area contributed by atoms with Gasteiger partial charge >= 0.3 is 0 Å². The molecule has 2 aromatic rings. The lowest BCUT2D eigenvalue weighted by atomic mass is 10.1. The molecule has 4 nitrogen and oxygen atoms in total. The summed E-state index contributed by atoms with van der Waals surface area (Å²) in [6.07, 6.45) is 3.42. The fraction of sp³-hybridized carbons (Fsp3) is 0.476. The van der Waals surface area contributed by atoms with Crippen LogP contribution < -0.4 is 14.2 Å². The summed E-state index contributed by atoms with van der Waals surface area (Å²) in [5.41, 5.74) is 3.85. The Kier molecular flexibility index (Phi) is 6.68. The molecule has 0 spiro atoms. The standard InChI is InChI=1S/C21H29NO3/c1-7-8-9-10-24-19-13-16(4)22-21(17(19)5)25-20-14(2)11-18(23-6)12-15(20)3/h11-13H,7-10H2,1-6H3. The predicted molar refractivity (Wildman–Crippen MR) is 101 cm³/mol. The van der Waals surface area contributed by atoms with Crippen LogP contribution in [0.25, 0.3) is 0 Å². The Morgan fingerprint density at radius 3 is 2.24 bits per heavy atom. The van der Waals surface area contributed by atoms with E-state index in [1.165, 1.54) is 12.8 Å².